The SMILES string of the molecule is NCCc1cc2c(-c3ccccc3)c(CC(=O)Nc3ccc(Cl)cc3C(F)(F)F)c(=O)oc2cc1Cl. The number of anilines is 1. The number of fused-ring (bicyclic) bond motifs is 1. The molecule has 1 heterocycles. The van der Waals surface area contributed by atoms with Gasteiger partial charge in [-0.05, 0) is 48.4 Å². The third-order valence-electron chi connectivity index (χ3n) is 5.54. The van der Waals surface area contributed by atoms with Crippen molar-refractivity contribution in [2.75, 3.05) is 11.9 Å². The molecule has 0 atom stereocenters. The average Bonchev–Trinajstić information content (AvgIpc) is 2.82. The van der Waals surface area contributed by atoms with Crippen molar-refractivity contribution in [2.24, 2.45) is 5.73 Å². The largest absolute Gasteiger partial charge is 0.422 e. The van der Waals surface area contributed by atoms with Crippen molar-refractivity contribution < 1.29 is 22.4 Å². The Kier molecular flexibility index (Phi) is 7.40. The Balaban J connectivity index is 1.83. The summed E-state index contributed by atoms with van der Waals surface area (Å²) in [4.78, 5) is 25.9. The highest BCUT2D eigenvalue weighted by molar-refractivity contribution is 6.32. The molecule has 0 saturated carbocycles. The minimum absolute atomic E-state index is 0.00487. The van der Waals surface area contributed by atoms with Crippen LogP contribution in [0.15, 0.2) is 69.9 Å². The summed E-state index contributed by atoms with van der Waals surface area (Å²) in [5.74, 6) is -0.831. The molecule has 0 aliphatic rings. The first kappa shape index (κ1) is 25.8. The number of alkyl halides is 3. The summed E-state index contributed by atoms with van der Waals surface area (Å²) < 4.78 is 45.9. The fourth-order valence-corrected chi connectivity index (χ4v) is 4.38. The monoisotopic (exact) mass is 534 g/mol. The molecule has 0 aliphatic heterocycles. The standard InChI is InChI=1S/C26H19Cl2F3N2O3/c27-16-6-7-21(19(11-16)26(29,30)31)33-23(34)12-18-24(14-4-2-1-3-5-14)17-10-15(8-9-32)20(28)13-22(17)36-25(18)35/h1-7,10-11,13H,8-9,12,32H2,(H,33,34). The van der Waals surface area contributed by atoms with E-state index < -0.39 is 35.4 Å². The Bertz CT molecular complexity index is 1500. The third kappa shape index (κ3) is 5.41. The molecule has 1 aromatic heterocycles. The van der Waals surface area contributed by atoms with Crippen LogP contribution < -0.4 is 16.7 Å². The summed E-state index contributed by atoms with van der Waals surface area (Å²) in [5, 5.41) is 3.03. The second-order valence-electron chi connectivity index (χ2n) is 8.00. The van der Waals surface area contributed by atoms with Gasteiger partial charge in [0, 0.05) is 27.1 Å². The van der Waals surface area contributed by atoms with Crippen LogP contribution >= 0.6 is 23.2 Å². The van der Waals surface area contributed by atoms with Crippen molar-refractivity contribution in [2.45, 2.75) is 19.0 Å². The molecular weight excluding hydrogens is 516 g/mol. The molecule has 0 unspecified atom stereocenters. The average molecular weight is 535 g/mol. The summed E-state index contributed by atoms with van der Waals surface area (Å²) in [6.45, 7) is 0.334. The molecule has 186 valence electrons. The van der Waals surface area contributed by atoms with Crippen molar-refractivity contribution in [3.05, 3.63) is 97.8 Å². The van der Waals surface area contributed by atoms with Gasteiger partial charge in [-0.1, -0.05) is 53.5 Å². The minimum Gasteiger partial charge on any atom is -0.422 e. The van der Waals surface area contributed by atoms with Crippen molar-refractivity contribution in [1.29, 1.82) is 0 Å². The van der Waals surface area contributed by atoms with Crippen molar-refractivity contribution in [3.8, 4) is 11.1 Å². The van der Waals surface area contributed by atoms with Gasteiger partial charge in [0.15, 0.2) is 0 Å². The number of benzene rings is 3. The lowest BCUT2D eigenvalue weighted by Crippen LogP contribution is -2.22. The van der Waals surface area contributed by atoms with Crippen molar-refractivity contribution >= 4 is 45.8 Å². The lowest BCUT2D eigenvalue weighted by Gasteiger charge is -2.16. The number of hydrogen-bond acceptors (Lipinski definition) is 4. The number of nitrogens with two attached hydrogens (primary N) is 1. The van der Waals surface area contributed by atoms with E-state index in [1.807, 2.05) is 0 Å². The Morgan fingerprint density at radius 1 is 1.03 bits per heavy atom. The van der Waals surface area contributed by atoms with Gasteiger partial charge >= 0.3 is 11.8 Å². The fourth-order valence-electron chi connectivity index (χ4n) is 3.96. The van der Waals surface area contributed by atoms with E-state index in [2.05, 4.69) is 5.32 Å². The van der Waals surface area contributed by atoms with E-state index in [9.17, 15) is 22.8 Å². The summed E-state index contributed by atoms with van der Waals surface area (Å²) in [5.41, 5.74) is 5.32. The second kappa shape index (κ2) is 10.3. The molecule has 4 rings (SSSR count). The van der Waals surface area contributed by atoms with Gasteiger partial charge in [-0.25, -0.2) is 4.79 Å². The van der Waals surface area contributed by atoms with Crippen LogP contribution in [0.1, 0.15) is 16.7 Å². The second-order valence-corrected chi connectivity index (χ2v) is 8.84. The van der Waals surface area contributed by atoms with Gasteiger partial charge in [0.05, 0.1) is 23.2 Å². The lowest BCUT2D eigenvalue weighted by molar-refractivity contribution is -0.137. The molecule has 1 amide bonds. The third-order valence-corrected chi connectivity index (χ3v) is 6.13. The van der Waals surface area contributed by atoms with Crippen molar-refractivity contribution in [1.82, 2.24) is 0 Å². The van der Waals surface area contributed by atoms with E-state index in [1.54, 1.807) is 36.4 Å². The fraction of sp³-hybridized carbons (Fsp3) is 0.154. The highest BCUT2D eigenvalue weighted by Crippen LogP contribution is 2.37. The van der Waals surface area contributed by atoms with E-state index in [0.717, 1.165) is 17.7 Å². The van der Waals surface area contributed by atoms with Gasteiger partial charge in [-0.15, -0.1) is 0 Å². The van der Waals surface area contributed by atoms with E-state index >= 15 is 0 Å². The molecular formula is C26H19Cl2F3N2O3. The first-order valence-electron chi connectivity index (χ1n) is 10.8. The molecule has 0 aliphatic carbocycles. The van der Waals surface area contributed by atoms with Gasteiger partial charge in [-0.2, -0.15) is 13.2 Å². The molecule has 0 saturated heterocycles. The number of hydrogen-bond donors (Lipinski definition) is 2. The summed E-state index contributed by atoms with van der Waals surface area (Å²) in [6, 6.07) is 15.1. The Morgan fingerprint density at radius 2 is 1.75 bits per heavy atom. The molecule has 3 aromatic carbocycles. The highest BCUT2D eigenvalue weighted by Gasteiger charge is 2.34. The maximum Gasteiger partial charge on any atom is 0.418 e. The van der Waals surface area contributed by atoms with Crippen LogP contribution in [-0.4, -0.2) is 12.5 Å². The number of rotatable bonds is 6. The van der Waals surface area contributed by atoms with Gasteiger partial charge in [-0.3, -0.25) is 4.79 Å². The molecule has 3 N–H and O–H groups in total. The molecule has 0 radical (unpaired) electrons. The molecule has 36 heavy (non-hydrogen) atoms. The van der Waals surface area contributed by atoms with Crippen LogP contribution in [0.25, 0.3) is 22.1 Å². The quantitative estimate of drug-likeness (QED) is 0.277. The molecule has 0 spiro atoms. The normalized spacial score (nSPS) is 11.6. The van der Waals surface area contributed by atoms with E-state index in [1.165, 1.54) is 12.1 Å². The van der Waals surface area contributed by atoms with E-state index in [4.69, 9.17) is 33.4 Å². The number of carbonyl (C=O) groups is 1. The lowest BCUT2D eigenvalue weighted by atomic mass is 9.94. The zero-order valence-corrected chi connectivity index (χ0v) is 20.1. The van der Waals surface area contributed by atoms with Crippen molar-refractivity contribution in [3.63, 3.8) is 0 Å². The smallest absolute Gasteiger partial charge is 0.418 e. The van der Waals surface area contributed by atoms with Gasteiger partial charge in [0.25, 0.3) is 0 Å². The topological polar surface area (TPSA) is 85.3 Å². The summed E-state index contributed by atoms with van der Waals surface area (Å²) >= 11 is 12.0. The molecule has 10 heteroatoms. The number of amides is 1. The maximum atomic E-state index is 13.5. The molecule has 5 nitrogen and oxygen atoms in total. The van der Waals surface area contributed by atoms with E-state index in [0.29, 0.717) is 34.5 Å². The Morgan fingerprint density at radius 3 is 2.42 bits per heavy atom. The number of carbonyl (C=O) groups excluding carboxylic acids is 1. The van der Waals surface area contributed by atoms with Crippen LogP contribution in [0.3, 0.4) is 0 Å². The first-order chi connectivity index (χ1) is 17.1. The zero-order chi connectivity index (χ0) is 26.0. The van der Waals surface area contributed by atoms with Gasteiger partial charge < -0.3 is 15.5 Å². The first-order valence-corrected chi connectivity index (χ1v) is 11.5. The van der Waals surface area contributed by atoms with Crippen LogP contribution in [0.4, 0.5) is 18.9 Å². The summed E-state index contributed by atoms with van der Waals surface area (Å²) in [6.07, 6.45) is -4.81. The molecule has 4 aromatic rings. The summed E-state index contributed by atoms with van der Waals surface area (Å²) in [7, 11) is 0. The minimum atomic E-state index is -4.75. The molecule has 0 bridgehead atoms. The van der Waals surface area contributed by atoms with Crippen LogP contribution in [0.5, 0.6) is 0 Å². The van der Waals surface area contributed by atoms with Gasteiger partial charge in [0.2, 0.25) is 5.91 Å². The predicted molar refractivity (Wildman–Crippen MR) is 134 cm³/mol. The zero-order valence-electron chi connectivity index (χ0n) is 18.6. The number of halogens is 5. The Labute approximate surface area is 213 Å². The van der Waals surface area contributed by atoms with E-state index in [-0.39, 0.29) is 16.2 Å². The molecule has 0 fully saturated rings. The number of nitrogens with one attached hydrogen (secondary N) is 1. The maximum absolute atomic E-state index is 13.5. The van der Waals surface area contributed by atoms with Crippen LogP contribution in [0, 0.1) is 0 Å². The van der Waals surface area contributed by atoms with Crippen LogP contribution in [0.2, 0.25) is 10.0 Å². The highest BCUT2D eigenvalue weighted by atomic mass is 35.5. The Hall–Kier alpha value is -3.33. The predicted octanol–water partition coefficient (Wildman–Crippen LogP) is 6.47. The van der Waals surface area contributed by atoms with Gasteiger partial charge in [0.1, 0.15) is 5.58 Å². The van der Waals surface area contributed by atoms with Crippen LogP contribution in [-0.2, 0) is 23.8 Å².